The molecule has 180 valence electrons. The third kappa shape index (κ3) is 4.37. The van der Waals surface area contributed by atoms with E-state index in [1.165, 1.54) is 10.7 Å². The molecular formula is C26H26N4O5. The number of carboxylic acids is 1. The Morgan fingerprint density at radius 1 is 1.09 bits per heavy atom. The number of fused-ring (bicyclic) bond motifs is 3. The number of likely N-dealkylation sites (tertiary alicyclic amines) is 1. The van der Waals surface area contributed by atoms with E-state index in [0.717, 1.165) is 28.7 Å². The summed E-state index contributed by atoms with van der Waals surface area (Å²) in [6.07, 6.45) is 0.666. The Balaban J connectivity index is 1.25. The van der Waals surface area contributed by atoms with E-state index in [9.17, 15) is 14.4 Å². The minimum atomic E-state index is -0.937. The summed E-state index contributed by atoms with van der Waals surface area (Å²) in [6.45, 7) is 0.663. The Kier molecular flexibility index (Phi) is 5.98. The fourth-order valence-electron chi connectivity index (χ4n) is 5.09. The second-order valence-corrected chi connectivity index (χ2v) is 8.88. The van der Waals surface area contributed by atoms with Crippen LogP contribution in [0.4, 0.5) is 10.6 Å². The molecule has 1 atom stereocenters. The molecule has 5 rings (SSSR count). The molecule has 2 aromatic carbocycles. The molecule has 1 aromatic heterocycles. The van der Waals surface area contributed by atoms with Crippen molar-refractivity contribution in [1.82, 2.24) is 14.7 Å². The summed E-state index contributed by atoms with van der Waals surface area (Å²) in [6, 6.07) is 17.3. The van der Waals surface area contributed by atoms with Crippen LogP contribution in [0.3, 0.4) is 0 Å². The predicted molar refractivity (Wildman–Crippen MR) is 128 cm³/mol. The average molecular weight is 475 g/mol. The lowest BCUT2D eigenvalue weighted by molar-refractivity contribution is -0.137. The minimum absolute atomic E-state index is 0.0573. The van der Waals surface area contributed by atoms with Crippen LogP contribution >= 0.6 is 0 Å². The van der Waals surface area contributed by atoms with E-state index in [1.54, 1.807) is 11.9 Å². The Labute approximate surface area is 202 Å². The standard InChI is InChI=1S/C26H26N4O5/c1-29-23(14-22(28-29)25(33)30-12-6-7-16(30)13-24(31)32)27-26(34)35-15-21-19-10-4-2-8-17(19)18-9-3-5-11-20(18)21/h2-5,8-11,14,16,21H,6-7,12-13,15H2,1H3,(H,27,34)(H,31,32)/t16-/m0/s1. The number of hydrogen-bond acceptors (Lipinski definition) is 5. The highest BCUT2D eigenvalue weighted by Crippen LogP contribution is 2.44. The van der Waals surface area contributed by atoms with Gasteiger partial charge in [0.1, 0.15) is 12.4 Å². The largest absolute Gasteiger partial charge is 0.481 e. The molecule has 1 fully saturated rings. The van der Waals surface area contributed by atoms with Gasteiger partial charge in [-0.3, -0.25) is 19.6 Å². The number of aryl methyl sites for hydroxylation is 1. The molecule has 0 bridgehead atoms. The van der Waals surface area contributed by atoms with E-state index in [0.29, 0.717) is 18.8 Å². The van der Waals surface area contributed by atoms with Gasteiger partial charge < -0.3 is 14.7 Å². The van der Waals surface area contributed by atoms with Crippen LogP contribution in [0.5, 0.6) is 0 Å². The number of benzene rings is 2. The van der Waals surface area contributed by atoms with Crippen LogP contribution in [0.1, 0.15) is 46.8 Å². The topological polar surface area (TPSA) is 114 Å². The molecule has 1 saturated heterocycles. The summed E-state index contributed by atoms with van der Waals surface area (Å²) in [4.78, 5) is 38.2. The lowest BCUT2D eigenvalue weighted by atomic mass is 9.98. The second kappa shape index (κ2) is 9.25. The maximum atomic E-state index is 12.9. The number of aromatic nitrogens is 2. The van der Waals surface area contributed by atoms with Crippen molar-refractivity contribution in [2.45, 2.75) is 31.2 Å². The molecule has 0 spiro atoms. The van der Waals surface area contributed by atoms with E-state index < -0.39 is 12.1 Å². The number of nitrogens with zero attached hydrogens (tertiary/aromatic N) is 3. The summed E-state index contributed by atoms with van der Waals surface area (Å²) in [5.74, 6) is -1.02. The Bertz CT molecular complexity index is 1250. The number of hydrogen-bond donors (Lipinski definition) is 2. The number of aliphatic carboxylic acids is 1. The van der Waals surface area contributed by atoms with Crippen LogP contribution in [0.25, 0.3) is 11.1 Å². The number of rotatable bonds is 6. The molecule has 0 unspecified atom stereocenters. The van der Waals surface area contributed by atoms with Crippen molar-refractivity contribution in [1.29, 1.82) is 0 Å². The van der Waals surface area contributed by atoms with Crippen LogP contribution in [0, 0.1) is 0 Å². The van der Waals surface area contributed by atoms with E-state index in [4.69, 9.17) is 9.84 Å². The van der Waals surface area contributed by atoms with Crippen LogP contribution < -0.4 is 5.32 Å². The average Bonchev–Trinajstić information content (AvgIpc) is 3.53. The van der Waals surface area contributed by atoms with Crippen LogP contribution in [0.15, 0.2) is 54.6 Å². The maximum absolute atomic E-state index is 12.9. The molecule has 1 aliphatic carbocycles. The fourth-order valence-corrected chi connectivity index (χ4v) is 5.09. The zero-order valence-corrected chi connectivity index (χ0v) is 19.3. The third-order valence-electron chi connectivity index (χ3n) is 6.72. The van der Waals surface area contributed by atoms with Gasteiger partial charge in [0.15, 0.2) is 5.69 Å². The van der Waals surface area contributed by atoms with Crippen molar-refractivity contribution in [3.63, 3.8) is 0 Å². The number of carboxylic acid groups (broad SMARTS) is 1. The molecule has 2 heterocycles. The van der Waals surface area contributed by atoms with Gasteiger partial charge >= 0.3 is 12.1 Å². The highest BCUT2D eigenvalue weighted by molar-refractivity contribution is 5.95. The second-order valence-electron chi connectivity index (χ2n) is 8.88. The third-order valence-corrected chi connectivity index (χ3v) is 6.72. The quantitative estimate of drug-likeness (QED) is 0.561. The van der Waals surface area contributed by atoms with E-state index in [1.807, 2.05) is 24.3 Å². The van der Waals surface area contributed by atoms with Crippen LogP contribution in [-0.2, 0) is 16.6 Å². The Morgan fingerprint density at radius 3 is 2.40 bits per heavy atom. The first-order valence-electron chi connectivity index (χ1n) is 11.6. The monoisotopic (exact) mass is 474 g/mol. The zero-order chi connectivity index (χ0) is 24.5. The van der Waals surface area contributed by atoms with Crippen molar-refractivity contribution in [3.8, 4) is 11.1 Å². The summed E-state index contributed by atoms with van der Waals surface area (Å²) in [5.41, 5.74) is 4.69. The molecule has 9 heteroatoms. The molecule has 3 aromatic rings. The SMILES string of the molecule is Cn1nc(C(=O)N2CCC[C@H]2CC(=O)O)cc1NC(=O)OCC1c2ccccc2-c2ccccc21. The van der Waals surface area contributed by atoms with E-state index >= 15 is 0 Å². The molecule has 0 radical (unpaired) electrons. The summed E-state index contributed by atoms with van der Waals surface area (Å²) in [5, 5.41) is 16.0. The van der Waals surface area contributed by atoms with Crippen molar-refractivity contribution in [3.05, 3.63) is 71.4 Å². The highest BCUT2D eigenvalue weighted by atomic mass is 16.5. The van der Waals surface area contributed by atoms with Crippen LogP contribution in [0.2, 0.25) is 0 Å². The predicted octanol–water partition coefficient (Wildman–Crippen LogP) is 3.86. The van der Waals surface area contributed by atoms with Gasteiger partial charge in [0.2, 0.25) is 0 Å². The number of nitrogens with one attached hydrogen (secondary N) is 1. The highest BCUT2D eigenvalue weighted by Gasteiger charge is 2.33. The summed E-state index contributed by atoms with van der Waals surface area (Å²) >= 11 is 0. The van der Waals surface area contributed by atoms with E-state index in [2.05, 4.69) is 34.7 Å². The van der Waals surface area contributed by atoms with Crippen molar-refractivity contribution in [2.75, 3.05) is 18.5 Å². The van der Waals surface area contributed by atoms with Crippen molar-refractivity contribution < 1.29 is 24.2 Å². The first kappa shape index (κ1) is 22.6. The molecule has 2 amide bonds. The Hall–Kier alpha value is -4.14. The molecule has 0 saturated carbocycles. The van der Waals surface area contributed by atoms with Gasteiger partial charge in [-0.2, -0.15) is 5.10 Å². The summed E-state index contributed by atoms with van der Waals surface area (Å²) in [7, 11) is 1.62. The number of amides is 2. The Morgan fingerprint density at radius 2 is 1.74 bits per heavy atom. The minimum Gasteiger partial charge on any atom is -0.481 e. The number of ether oxygens (including phenoxy) is 1. The molecule has 2 N–H and O–H groups in total. The molecule has 2 aliphatic rings. The maximum Gasteiger partial charge on any atom is 0.412 e. The lowest BCUT2D eigenvalue weighted by Crippen LogP contribution is -2.37. The van der Waals surface area contributed by atoms with Gasteiger partial charge in [-0.25, -0.2) is 4.79 Å². The van der Waals surface area contributed by atoms with Crippen molar-refractivity contribution >= 4 is 23.8 Å². The summed E-state index contributed by atoms with van der Waals surface area (Å²) < 4.78 is 6.98. The fraction of sp³-hybridized carbons (Fsp3) is 0.308. The van der Waals surface area contributed by atoms with Crippen LogP contribution in [-0.4, -0.2) is 57.0 Å². The first-order chi connectivity index (χ1) is 16.9. The molecule has 1 aliphatic heterocycles. The number of anilines is 1. The first-order valence-corrected chi connectivity index (χ1v) is 11.6. The smallest absolute Gasteiger partial charge is 0.412 e. The normalized spacial score (nSPS) is 16.6. The van der Waals surface area contributed by atoms with Gasteiger partial charge in [-0.15, -0.1) is 0 Å². The molecule has 35 heavy (non-hydrogen) atoms. The zero-order valence-electron chi connectivity index (χ0n) is 19.3. The number of carbonyl (C=O) groups excluding carboxylic acids is 2. The molecular weight excluding hydrogens is 448 g/mol. The van der Waals surface area contributed by atoms with Gasteiger partial charge in [0.25, 0.3) is 5.91 Å². The van der Waals surface area contributed by atoms with Gasteiger partial charge in [0, 0.05) is 31.6 Å². The van der Waals surface area contributed by atoms with Gasteiger partial charge in [0.05, 0.1) is 6.42 Å². The van der Waals surface area contributed by atoms with Crippen molar-refractivity contribution in [2.24, 2.45) is 7.05 Å². The number of carbonyl (C=O) groups is 3. The van der Waals surface area contributed by atoms with Gasteiger partial charge in [-0.1, -0.05) is 48.5 Å². The van der Waals surface area contributed by atoms with E-state index in [-0.39, 0.29) is 36.6 Å². The van der Waals surface area contributed by atoms with Gasteiger partial charge in [-0.05, 0) is 35.1 Å². The molecule has 9 nitrogen and oxygen atoms in total. The lowest BCUT2D eigenvalue weighted by Gasteiger charge is -2.22.